The summed E-state index contributed by atoms with van der Waals surface area (Å²) in [6, 6.07) is 0. The minimum Gasteiger partial charge on any atom is -0.550 e. The van der Waals surface area contributed by atoms with Gasteiger partial charge in [-0.1, -0.05) is 201 Å². The molecule has 0 amide bonds. The van der Waals surface area contributed by atoms with Gasteiger partial charge in [-0.05, 0) is 25.7 Å². The molecule has 0 radical (unpaired) electrons. The molecule has 0 aromatic rings. The van der Waals surface area contributed by atoms with Crippen LogP contribution < -0.4 is 5.11 Å². The third-order valence-corrected chi connectivity index (χ3v) is 9.43. The number of esters is 1. The summed E-state index contributed by atoms with van der Waals surface area (Å²) in [6.45, 7) is 6.67. The van der Waals surface area contributed by atoms with Gasteiger partial charge in [-0.25, -0.2) is 0 Å². The van der Waals surface area contributed by atoms with E-state index >= 15 is 0 Å². The second-order valence-corrected chi connectivity index (χ2v) is 13.9. The molecule has 0 N–H and O–H groups in total. The summed E-state index contributed by atoms with van der Waals surface area (Å²) >= 11 is 0. The van der Waals surface area contributed by atoms with Gasteiger partial charge in [0.05, 0.1) is 5.92 Å². The largest absolute Gasteiger partial charge is 0.550 e. The lowest BCUT2D eigenvalue weighted by molar-refractivity contribution is -0.307. The van der Waals surface area contributed by atoms with Gasteiger partial charge in [0.15, 0.2) is 0 Å². The van der Waals surface area contributed by atoms with Crippen LogP contribution in [0.1, 0.15) is 233 Å². The van der Waals surface area contributed by atoms with Crippen molar-refractivity contribution >= 4 is 11.9 Å². The molecule has 2 atom stereocenters. The van der Waals surface area contributed by atoms with Crippen molar-refractivity contribution in [3.05, 3.63) is 0 Å². The fourth-order valence-corrected chi connectivity index (χ4v) is 6.50. The molecule has 0 bridgehead atoms. The Balaban J connectivity index is 3.97. The lowest BCUT2D eigenvalue weighted by Gasteiger charge is -2.22. The quantitative estimate of drug-likeness (QED) is 0.0515. The van der Waals surface area contributed by atoms with Gasteiger partial charge in [0.1, 0.15) is 6.10 Å². The Kier molecular flexibility index (Phi) is 34.0. The highest BCUT2D eigenvalue weighted by Crippen LogP contribution is 2.21. The number of unbranched alkanes of at least 4 members (excludes halogenated alkanes) is 26. The number of carboxylic acid groups (broad SMARTS) is 1. The van der Waals surface area contributed by atoms with E-state index in [1.807, 2.05) is 0 Å². The molecule has 0 fully saturated rings. The topological polar surface area (TPSA) is 66.4 Å². The fourth-order valence-electron chi connectivity index (χ4n) is 6.50. The number of rotatable bonds is 36. The first-order valence-electron chi connectivity index (χ1n) is 19.9. The predicted molar refractivity (Wildman–Crippen MR) is 188 cm³/mol. The highest BCUT2D eigenvalue weighted by atomic mass is 16.5. The molecule has 0 saturated carbocycles. The molecule has 0 aliphatic rings. The van der Waals surface area contributed by atoms with Gasteiger partial charge in [-0.15, -0.1) is 0 Å². The summed E-state index contributed by atoms with van der Waals surface area (Å²) in [5.74, 6) is -2.02. The number of ether oxygens (including phenoxy) is 1. The number of hydrogen-bond donors (Lipinski definition) is 0. The van der Waals surface area contributed by atoms with E-state index in [2.05, 4.69) is 20.8 Å². The van der Waals surface area contributed by atoms with Crippen molar-refractivity contribution in [2.75, 3.05) is 0 Å². The summed E-state index contributed by atoms with van der Waals surface area (Å²) in [5.41, 5.74) is 0. The first-order valence-corrected chi connectivity index (χ1v) is 19.9. The Hall–Kier alpha value is -1.06. The summed E-state index contributed by atoms with van der Waals surface area (Å²) in [4.78, 5) is 24.3. The minimum atomic E-state index is -1.14. The number of aliphatic carboxylic acids is 1. The lowest BCUT2D eigenvalue weighted by Crippen LogP contribution is -2.31. The zero-order valence-electron chi connectivity index (χ0n) is 30.1. The molecular weight excluding hydrogens is 544 g/mol. The molecule has 0 saturated heterocycles. The number of carboxylic acids is 1. The second kappa shape index (κ2) is 34.8. The van der Waals surface area contributed by atoms with Crippen molar-refractivity contribution in [1.29, 1.82) is 0 Å². The van der Waals surface area contributed by atoms with Crippen LogP contribution in [0.4, 0.5) is 0 Å². The Bertz CT molecular complexity index is 604. The molecule has 2 unspecified atom stereocenters. The van der Waals surface area contributed by atoms with Crippen LogP contribution in [-0.4, -0.2) is 18.0 Å². The van der Waals surface area contributed by atoms with E-state index in [9.17, 15) is 14.7 Å². The van der Waals surface area contributed by atoms with E-state index < -0.39 is 11.9 Å². The molecule has 0 aromatic carbocycles. The number of carbonyl (C=O) groups excluding carboxylic acids is 2. The monoisotopic (exact) mass is 622 g/mol. The molecule has 4 nitrogen and oxygen atoms in total. The molecule has 262 valence electrons. The van der Waals surface area contributed by atoms with Gasteiger partial charge >= 0.3 is 5.97 Å². The van der Waals surface area contributed by atoms with E-state index in [0.29, 0.717) is 6.42 Å². The second-order valence-electron chi connectivity index (χ2n) is 13.9. The molecule has 0 spiro atoms. The summed E-state index contributed by atoms with van der Waals surface area (Å²) in [6.07, 6.45) is 39.7. The van der Waals surface area contributed by atoms with E-state index in [1.165, 1.54) is 161 Å². The van der Waals surface area contributed by atoms with Gasteiger partial charge in [-0.2, -0.15) is 0 Å². The summed E-state index contributed by atoms with van der Waals surface area (Å²) in [5, 5.41) is 11.4. The van der Waals surface area contributed by atoms with Crippen molar-refractivity contribution in [2.24, 2.45) is 5.92 Å². The van der Waals surface area contributed by atoms with Gasteiger partial charge in [-0.3, -0.25) is 4.79 Å². The highest BCUT2D eigenvalue weighted by molar-refractivity contribution is 5.78. The van der Waals surface area contributed by atoms with Gasteiger partial charge in [0, 0.05) is 12.4 Å². The average molecular weight is 622 g/mol. The fraction of sp³-hybridized carbons (Fsp3) is 0.950. The normalized spacial score (nSPS) is 12.8. The first-order chi connectivity index (χ1) is 21.5. The zero-order chi connectivity index (χ0) is 32.4. The average Bonchev–Trinajstić information content (AvgIpc) is 3.00. The molecule has 4 heteroatoms. The smallest absolute Gasteiger partial charge is 0.309 e. The van der Waals surface area contributed by atoms with E-state index in [1.54, 1.807) is 0 Å². The van der Waals surface area contributed by atoms with Crippen molar-refractivity contribution < 1.29 is 19.4 Å². The summed E-state index contributed by atoms with van der Waals surface area (Å²) < 4.78 is 5.90. The number of carbonyl (C=O) groups is 2. The first kappa shape index (κ1) is 42.9. The van der Waals surface area contributed by atoms with E-state index in [0.717, 1.165) is 38.5 Å². The molecule has 44 heavy (non-hydrogen) atoms. The van der Waals surface area contributed by atoms with Crippen molar-refractivity contribution in [3.63, 3.8) is 0 Å². The Morgan fingerprint density at radius 3 is 1.07 bits per heavy atom. The molecule has 0 heterocycles. The maximum atomic E-state index is 13.0. The molecule has 0 aliphatic carbocycles. The van der Waals surface area contributed by atoms with Crippen LogP contribution in [-0.2, 0) is 14.3 Å². The standard InChI is InChI=1S/C40H78O4/c1-4-7-9-11-13-15-17-19-20-21-22-23-25-27-29-31-34-37(36-39(41)42)40(43)44-38(33-6-3)35-32-30-28-26-24-18-16-14-12-10-8-5-2/h37-38H,4-36H2,1-3H3,(H,41,42)/p-1. The van der Waals surface area contributed by atoms with Crippen LogP contribution in [0.3, 0.4) is 0 Å². The minimum absolute atomic E-state index is 0.0781. The van der Waals surface area contributed by atoms with Crippen LogP contribution in [0.2, 0.25) is 0 Å². The van der Waals surface area contributed by atoms with Crippen LogP contribution in [0.5, 0.6) is 0 Å². The van der Waals surface area contributed by atoms with Crippen molar-refractivity contribution in [3.8, 4) is 0 Å². The lowest BCUT2D eigenvalue weighted by atomic mass is 9.96. The van der Waals surface area contributed by atoms with Gasteiger partial charge in [0.2, 0.25) is 0 Å². The van der Waals surface area contributed by atoms with Crippen LogP contribution in [0, 0.1) is 5.92 Å². The van der Waals surface area contributed by atoms with Crippen LogP contribution >= 0.6 is 0 Å². The van der Waals surface area contributed by atoms with Gasteiger partial charge in [0.25, 0.3) is 0 Å². The van der Waals surface area contributed by atoms with Gasteiger partial charge < -0.3 is 14.6 Å². The molecule has 0 rings (SSSR count). The highest BCUT2D eigenvalue weighted by Gasteiger charge is 2.23. The Labute approximate surface area is 275 Å². The molecule has 0 aromatic heterocycles. The third-order valence-electron chi connectivity index (χ3n) is 9.43. The van der Waals surface area contributed by atoms with E-state index in [-0.39, 0.29) is 18.5 Å². The Morgan fingerprint density at radius 1 is 0.432 bits per heavy atom. The van der Waals surface area contributed by atoms with Crippen molar-refractivity contribution in [2.45, 2.75) is 239 Å². The maximum Gasteiger partial charge on any atom is 0.309 e. The van der Waals surface area contributed by atoms with Crippen LogP contribution in [0.15, 0.2) is 0 Å². The van der Waals surface area contributed by atoms with Crippen LogP contribution in [0.25, 0.3) is 0 Å². The SMILES string of the molecule is CCCCCCCCCCCCCCCCCCC(CC(=O)[O-])C(=O)OC(CCC)CCCCCCCCCCCCCC. The maximum absolute atomic E-state index is 13.0. The zero-order valence-corrected chi connectivity index (χ0v) is 30.1. The molecular formula is C40H77O4-. The summed E-state index contributed by atoms with van der Waals surface area (Å²) in [7, 11) is 0. The predicted octanol–water partition coefficient (Wildman–Crippen LogP) is 12.2. The molecule has 0 aliphatic heterocycles. The number of hydrogen-bond acceptors (Lipinski definition) is 4. The third kappa shape index (κ3) is 30.9. The Morgan fingerprint density at radius 2 is 0.750 bits per heavy atom. The van der Waals surface area contributed by atoms with Crippen molar-refractivity contribution in [1.82, 2.24) is 0 Å². The van der Waals surface area contributed by atoms with E-state index in [4.69, 9.17) is 4.74 Å².